The van der Waals surface area contributed by atoms with Crippen LogP contribution in [0.3, 0.4) is 0 Å². The van der Waals surface area contributed by atoms with Gasteiger partial charge in [0.1, 0.15) is 13.2 Å². The summed E-state index contributed by atoms with van der Waals surface area (Å²) in [6.07, 6.45) is -0.198. The first kappa shape index (κ1) is 21.3. The average Bonchev–Trinajstić information content (AvgIpc) is 2.71. The van der Waals surface area contributed by atoms with E-state index in [0.29, 0.717) is 17.8 Å². The molecule has 8 nitrogen and oxygen atoms in total. The van der Waals surface area contributed by atoms with Crippen LogP contribution in [-0.4, -0.2) is 25.4 Å². The molecule has 0 heterocycles. The molecule has 0 fully saturated rings. The number of carbonyl (C=O) groups is 2. The molecular formula is C21H20N4O4. The molecule has 8 heteroatoms. The van der Waals surface area contributed by atoms with Crippen molar-refractivity contribution >= 4 is 23.6 Å². The van der Waals surface area contributed by atoms with E-state index in [9.17, 15) is 9.59 Å². The van der Waals surface area contributed by atoms with Gasteiger partial charge in [-0.3, -0.25) is 10.6 Å². The molecule has 0 aliphatic carbocycles. The molecule has 0 radical (unpaired) electrons. The summed E-state index contributed by atoms with van der Waals surface area (Å²) in [4.78, 5) is 23.1. The Bertz CT molecular complexity index is 821. The number of amides is 2. The van der Waals surface area contributed by atoms with Gasteiger partial charge in [0.05, 0.1) is 25.0 Å². The van der Waals surface area contributed by atoms with E-state index in [1.54, 1.807) is 24.3 Å². The molecule has 0 aromatic heterocycles. The van der Waals surface area contributed by atoms with Gasteiger partial charge in [0, 0.05) is 11.4 Å². The number of benzene rings is 2. The number of ether oxygens (including phenoxy) is 2. The summed E-state index contributed by atoms with van der Waals surface area (Å²) in [5.41, 5.74) is 3.30. The molecule has 2 N–H and O–H groups in total. The third kappa shape index (κ3) is 8.02. The molecule has 29 heavy (non-hydrogen) atoms. The maximum atomic E-state index is 11.5. The molecule has 2 amide bonds. The first-order valence-electron chi connectivity index (χ1n) is 8.90. The topological polar surface area (TPSA) is 124 Å². The van der Waals surface area contributed by atoms with Gasteiger partial charge in [-0.25, -0.2) is 9.59 Å². The molecule has 0 aliphatic rings. The van der Waals surface area contributed by atoms with Gasteiger partial charge < -0.3 is 9.47 Å². The van der Waals surface area contributed by atoms with E-state index < -0.39 is 12.2 Å². The highest BCUT2D eigenvalue weighted by Gasteiger charge is 2.05. The van der Waals surface area contributed by atoms with Gasteiger partial charge in [-0.2, -0.15) is 10.5 Å². The number of nitrogens with zero attached hydrogens (tertiary/aromatic N) is 2. The highest BCUT2D eigenvalue weighted by molar-refractivity contribution is 5.85. The smallest absolute Gasteiger partial charge is 0.411 e. The van der Waals surface area contributed by atoms with Crippen LogP contribution >= 0.6 is 0 Å². The van der Waals surface area contributed by atoms with Crippen LogP contribution in [0, 0.1) is 22.7 Å². The minimum absolute atomic E-state index is 0.0584. The van der Waals surface area contributed by atoms with Crippen molar-refractivity contribution in [3.05, 3.63) is 59.7 Å². The quantitative estimate of drug-likeness (QED) is 0.649. The van der Waals surface area contributed by atoms with Crippen molar-refractivity contribution in [3.63, 3.8) is 0 Å². The SMILES string of the molecule is N#CCCOC(=O)Nc1ccc(Cc2ccc(NC(=O)OCCC#N)cc2)cc1. The van der Waals surface area contributed by atoms with Gasteiger partial charge in [-0.15, -0.1) is 0 Å². The highest BCUT2D eigenvalue weighted by atomic mass is 16.6. The molecule has 0 unspecified atom stereocenters. The van der Waals surface area contributed by atoms with Crippen molar-refractivity contribution in [2.75, 3.05) is 23.8 Å². The third-order valence-corrected chi connectivity index (χ3v) is 3.70. The molecule has 2 aromatic carbocycles. The molecule has 0 saturated carbocycles. The largest absolute Gasteiger partial charge is 0.448 e. The number of anilines is 2. The van der Waals surface area contributed by atoms with Crippen LogP contribution in [0.25, 0.3) is 0 Å². The summed E-state index contributed by atoms with van der Waals surface area (Å²) in [5, 5.41) is 22.0. The van der Waals surface area contributed by atoms with Gasteiger partial charge >= 0.3 is 12.2 Å². The van der Waals surface area contributed by atoms with Crippen LogP contribution in [0.15, 0.2) is 48.5 Å². The van der Waals surface area contributed by atoms with Gasteiger partial charge in [0.2, 0.25) is 0 Å². The minimum atomic E-state index is -0.595. The zero-order chi connectivity index (χ0) is 20.9. The second-order valence-electron chi connectivity index (χ2n) is 5.91. The summed E-state index contributed by atoms with van der Waals surface area (Å²) in [6, 6.07) is 18.5. The van der Waals surface area contributed by atoms with E-state index >= 15 is 0 Å². The Balaban J connectivity index is 1.82. The van der Waals surface area contributed by atoms with Crippen molar-refractivity contribution in [1.82, 2.24) is 0 Å². The van der Waals surface area contributed by atoms with E-state index in [2.05, 4.69) is 10.6 Å². The zero-order valence-corrected chi connectivity index (χ0v) is 15.7. The molecule has 0 atom stereocenters. The van der Waals surface area contributed by atoms with Crippen molar-refractivity contribution in [1.29, 1.82) is 10.5 Å². The molecule has 0 aliphatic heterocycles. The molecule has 148 valence electrons. The predicted molar refractivity (Wildman–Crippen MR) is 106 cm³/mol. The molecule has 2 aromatic rings. The fourth-order valence-corrected chi connectivity index (χ4v) is 2.33. The number of hydrogen-bond acceptors (Lipinski definition) is 6. The lowest BCUT2D eigenvalue weighted by Crippen LogP contribution is -2.14. The third-order valence-electron chi connectivity index (χ3n) is 3.70. The monoisotopic (exact) mass is 392 g/mol. The van der Waals surface area contributed by atoms with Crippen molar-refractivity contribution in [2.24, 2.45) is 0 Å². The van der Waals surface area contributed by atoms with Gasteiger partial charge in [-0.05, 0) is 41.8 Å². The Morgan fingerprint density at radius 3 is 1.45 bits per heavy atom. The molecule has 0 bridgehead atoms. The van der Waals surface area contributed by atoms with Gasteiger partial charge in [0.15, 0.2) is 0 Å². The minimum Gasteiger partial charge on any atom is -0.448 e. The van der Waals surface area contributed by atoms with Crippen LogP contribution in [0.5, 0.6) is 0 Å². The highest BCUT2D eigenvalue weighted by Crippen LogP contribution is 2.16. The number of nitriles is 2. The maximum Gasteiger partial charge on any atom is 0.411 e. The fourth-order valence-electron chi connectivity index (χ4n) is 2.33. The van der Waals surface area contributed by atoms with E-state index in [1.165, 1.54) is 0 Å². The molecule has 0 saturated heterocycles. The van der Waals surface area contributed by atoms with Gasteiger partial charge in [0.25, 0.3) is 0 Å². The summed E-state index contributed by atoms with van der Waals surface area (Å²) >= 11 is 0. The Morgan fingerprint density at radius 1 is 0.724 bits per heavy atom. The Labute approximate surface area is 168 Å². The van der Waals surface area contributed by atoms with Crippen LogP contribution in [0.2, 0.25) is 0 Å². The second kappa shape index (κ2) is 11.6. The Hall–Kier alpha value is -4.04. The zero-order valence-electron chi connectivity index (χ0n) is 15.7. The lowest BCUT2D eigenvalue weighted by molar-refractivity contribution is 0.163. The van der Waals surface area contributed by atoms with Crippen LogP contribution in [0.4, 0.5) is 21.0 Å². The van der Waals surface area contributed by atoms with Crippen LogP contribution < -0.4 is 10.6 Å². The summed E-state index contributed by atoms with van der Waals surface area (Å²) in [6.45, 7) is 0.117. The van der Waals surface area contributed by atoms with Crippen molar-refractivity contribution < 1.29 is 19.1 Å². The normalized spacial score (nSPS) is 9.59. The Morgan fingerprint density at radius 2 is 1.10 bits per heavy atom. The maximum absolute atomic E-state index is 11.5. The summed E-state index contributed by atoms with van der Waals surface area (Å²) in [5.74, 6) is 0. The lowest BCUT2D eigenvalue weighted by atomic mass is 10.0. The first-order valence-corrected chi connectivity index (χ1v) is 8.90. The first-order chi connectivity index (χ1) is 14.1. The van der Waals surface area contributed by atoms with E-state index in [-0.39, 0.29) is 26.1 Å². The van der Waals surface area contributed by atoms with Crippen molar-refractivity contribution in [2.45, 2.75) is 19.3 Å². The number of nitrogens with one attached hydrogen (secondary N) is 2. The Kier molecular flexibility index (Phi) is 8.52. The number of hydrogen-bond donors (Lipinski definition) is 2. The van der Waals surface area contributed by atoms with E-state index in [4.69, 9.17) is 20.0 Å². The fraction of sp³-hybridized carbons (Fsp3) is 0.238. The number of rotatable bonds is 8. The van der Waals surface area contributed by atoms with Crippen LogP contribution in [-0.2, 0) is 15.9 Å². The summed E-state index contributed by atoms with van der Waals surface area (Å²) in [7, 11) is 0. The summed E-state index contributed by atoms with van der Waals surface area (Å²) < 4.78 is 9.71. The van der Waals surface area contributed by atoms with E-state index in [1.807, 2.05) is 36.4 Å². The molecule has 2 rings (SSSR count). The van der Waals surface area contributed by atoms with Gasteiger partial charge in [-0.1, -0.05) is 24.3 Å². The predicted octanol–water partition coefficient (Wildman–Crippen LogP) is 4.20. The second-order valence-corrected chi connectivity index (χ2v) is 5.91. The average molecular weight is 392 g/mol. The molecule has 0 spiro atoms. The van der Waals surface area contributed by atoms with Crippen LogP contribution in [0.1, 0.15) is 24.0 Å². The van der Waals surface area contributed by atoms with E-state index in [0.717, 1.165) is 11.1 Å². The standard InChI is InChI=1S/C21H20N4O4/c22-11-1-13-28-20(26)24-18-7-3-16(4-8-18)15-17-5-9-19(10-6-17)25-21(27)29-14-2-12-23/h3-10H,1-2,13-15H2,(H,24,26)(H,25,27). The molecular weight excluding hydrogens is 372 g/mol. The van der Waals surface area contributed by atoms with Crippen molar-refractivity contribution in [3.8, 4) is 12.1 Å². The number of carbonyl (C=O) groups excluding carboxylic acids is 2. The lowest BCUT2D eigenvalue weighted by Gasteiger charge is -2.08.